The van der Waals surface area contributed by atoms with Gasteiger partial charge in [-0.3, -0.25) is 14.5 Å². The number of alkyl halides is 3. The Kier molecular flexibility index (Phi) is 9.29. The van der Waals surface area contributed by atoms with Gasteiger partial charge in [-0.1, -0.05) is 54.6 Å². The second-order valence-electron chi connectivity index (χ2n) is 10.5. The average Bonchev–Trinajstić information content (AvgIpc) is 3.02. The van der Waals surface area contributed by atoms with E-state index in [1.807, 2.05) is 49.4 Å². The third-order valence-electron chi connectivity index (χ3n) is 7.65. The molecule has 1 heterocycles. The molecule has 1 saturated heterocycles. The van der Waals surface area contributed by atoms with Crippen LogP contribution in [0, 0.1) is 5.82 Å². The van der Waals surface area contributed by atoms with Gasteiger partial charge in [0.2, 0.25) is 5.91 Å². The van der Waals surface area contributed by atoms with E-state index in [-0.39, 0.29) is 23.1 Å². The molecule has 44 heavy (non-hydrogen) atoms. The van der Waals surface area contributed by atoms with Gasteiger partial charge in [-0.2, -0.15) is 13.2 Å². The van der Waals surface area contributed by atoms with Crippen LogP contribution in [0.1, 0.15) is 34.5 Å². The molecule has 0 saturated carbocycles. The molecule has 2 N–H and O–H groups in total. The summed E-state index contributed by atoms with van der Waals surface area (Å²) in [6, 6.07) is 24.8. The van der Waals surface area contributed by atoms with Gasteiger partial charge in [0.25, 0.3) is 5.91 Å². The van der Waals surface area contributed by atoms with Crippen molar-refractivity contribution >= 4 is 23.2 Å². The van der Waals surface area contributed by atoms with Gasteiger partial charge in [0.15, 0.2) is 0 Å². The number of carbonyl (C=O) groups is 2. The number of rotatable bonds is 8. The van der Waals surface area contributed by atoms with Crippen LogP contribution in [0.2, 0.25) is 0 Å². The molecule has 6 nitrogen and oxygen atoms in total. The number of hydrogen-bond acceptors (Lipinski definition) is 4. The zero-order valence-corrected chi connectivity index (χ0v) is 24.1. The van der Waals surface area contributed by atoms with E-state index in [4.69, 9.17) is 0 Å². The average molecular weight is 605 g/mol. The Morgan fingerprint density at radius 1 is 0.818 bits per heavy atom. The van der Waals surface area contributed by atoms with E-state index >= 15 is 0 Å². The van der Waals surface area contributed by atoms with Crippen molar-refractivity contribution in [1.82, 2.24) is 10.2 Å². The highest BCUT2D eigenvalue weighted by atomic mass is 19.4. The first kappa shape index (κ1) is 30.7. The summed E-state index contributed by atoms with van der Waals surface area (Å²) < 4.78 is 53.9. The second-order valence-corrected chi connectivity index (χ2v) is 10.5. The Labute approximate surface area is 253 Å². The van der Waals surface area contributed by atoms with Crippen molar-refractivity contribution in [2.24, 2.45) is 0 Å². The summed E-state index contributed by atoms with van der Waals surface area (Å²) in [5.74, 6) is -1.52. The molecule has 0 aliphatic carbocycles. The predicted molar refractivity (Wildman–Crippen MR) is 163 cm³/mol. The molecule has 1 atom stereocenters. The number of carbonyl (C=O) groups excluding carboxylic acids is 2. The summed E-state index contributed by atoms with van der Waals surface area (Å²) in [7, 11) is 0. The van der Waals surface area contributed by atoms with Gasteiger partial charge in [0, 0.05) is 44.1 Å². The monoisotopic (exact) mass is 604 g/mol. The first-order valence-electron chi connectivity index (χ1n) is 14.3. The highest BCUT2D eigenvalue weighted by Gasteiger charge is 2.31. The van der Waals surface area contributed by atoms with Crippen molar-refractivity contribution in [3.05, 3.63) is 120 Å². The van der Waals surface area contributed by atoms with E-state index in [0.717, 1.165) is 29.4 Å². The molecule has 1 fully saturated rings. The molecule has 0 bridgehead atoms. The fourth-order valence-corrected chi connectivity index (χ4v) is 5.46. The minimum Gasteiger partial charge on any atom is -0.369 e. The van der Waals surface area contributed by atoms with Crippen LogP contribution >= 0.6 is 0 Å². The van der Waals surface area contributed by atoms with Crippen LogP contribution in [0.5, 0.6) is 0 Å². The Morgan fingerprint density at radius 3 is 2.09 bits per heavy atom. The Balaban J connectivity index is 1.25. The number of nitrogens with one attached hydrogen (secondary N) is 2. The van der Waals surface area contributed by atoms with Gasteiger partial charge in [0.05, 0.1) is 11.1 Å². The molecule has 4 aromatic rings. The minimum absolute atomic E-state index is 0.0245. The molecule has 1 aliphatic heterocycles. The number of piperazine rings is 1. The van der Waals surface area contributed by atoms with E-state index < -0.39 is 23.5 Å². The van der Waals surface area contributed by atoms with Crippen LogP contribution < -0.4 is 15.5 Å². The standard InChI is InChI=1S/C34H32F4N4O2/c1-2-39-33(44)31(24-7-4-3-5-8-24)42-21-19-41(20-22-42)27-17-15-26(16-18-27)40-32(43)30-28(9-6-10-29(30)35)23-11-13-25(14-12-23)34(36,37)38/h3-18,31H,2,19-22H2,1H3,(H,39,44)(H,40,43). The van der Waals surface area contributed by atoms with Crippen LogP contribution in [-0.2, 0) is 11.0 Å². The number of hydrogen-bond donors (Lipinski definition) is 2. The molecular formula is C34H32F4N4O2. The van der Waals surface area contributed by atoms with Crippen molar-refractivity contribution in [3.63, 3.8) is 0 Å². The zero-order valence-electron chi connectivity index (χ0n) is 24.1. The summed E-state index contributed by atoms with van der Waals surface area (Å²) in [5.41, 5.74) is 1.72. The van der Waals surface area contributed by atoms with E-state index in [2.05, 4.69) is 20.4 Å². The SMILES string of the molecule is CCNC(=O)C(c1ccccc1)N1CCN(c2ccc(NC(=O)c3c(F)cccc3-c3ccc(C(F)(F)F)cc3)cc2)CC1. The van der Waals surface area contributed by atoms with E-state index in [0.29, 0.717) is 44.0 Å². The Morgan fingerprint density at radius 2 is 1.48 bits per heavy atom. The number of anilines is 2. The molecule has 1 aliphatic rings. The van der Waals surface area contributed by atoms with Crippen LogP contribution in [0.3, 0.4) is 0 Å². The first-order valence-corrected chi connectivity index (χ1v) is 14.3. The van der Waals surface area contributed by atoms with Crippen LogP contribution in [0.15, 0.2) is 97.1 Å². The summed E-state index contributed by atoms with van der Waals surface area (Å²) in [4.78, 5) is 30.5. The fraction of sp³-hybridized carbons (Fsp3) is 0.235. The van der Waals surface area contributed by atoms with Crippen LogP contribution in [0.25, 0.3) is 11.1 Å². The summed E-state index contributed by atoms with van der Waals surface area (Å²) in [5, 5.41) is 5.66. The molecule has 4 aromatic carbocycles. The normalized spacial score (nSPS) is 14.6. The Hall–Kier alpha value is -4.70. The lowest BCUT2D eigenvalue weighted by Gasteiger charge is -2.39. The van der Waals surface area contributed by atoms with Gasteiger partial charge in [0.1, 0.15) is 11.9 Å². The molecule has 0 radical (unpaired) electrons. The summed E-state index contributed by atoms with van der Waals surface area (Å²) in [6.45, 7) is 5.20. The van der Waals surface area contributed by atoms with Gasteiger partial charge < -0.3 is 15.5 Å². The smallest absolute Gasteiger partial charge is 0.369 e. The van der Waals surface area contributed by atoms with Gasteiger partial charge in [-0.15, -0.1) is 0 Å². The van der Waals surface area contributed by atoms with Crippen molar-refractivity contribution in [1.29, 1.82) is 0 Å². The van der Waals surface area contributed by atoms with Gasteiger partial charge in [-0.25, -0.2) is 4.39 Å². The summed E-state index contributed by atoms with van der Waals surface area (Å²) >= 11 is 0. The van der Waals surface area contributed by atoms with Crippen molar-refractivity contribution in [2.75, 3.05) is 42.9 Å². The molecule has 1 unspecified atom stereocenters. The predicted octanol–water partition coefficient (Wildman–Crippen LogP) is 6.76. The molecular weight excluding hydrogens is 572 g/mol. The molecule has 228 valence electrons. The highest BCUT2D eigenvalue weighted by molar-refractivity contribution is 6.09. The quantitative estimate of drug-likeness (QED) is 0.218. The largest absolute Gasteiger partial charge is 0.416 e. The first-order chi connectivity index (χ1) is 21.2. The maximum Gasteiger partial charge on any atom is 0.416 e. The fourth-order valence-electron chi connectivity index (χ4n) is 5.46. The third-order valence-corrected chi connectivity index (χ3v) is 7.65. The maximum absolute atomic E-state index is 14.9. The highest BCUT2D eigenvalue weighted by Crippen LogP contribution is 2.33. The molecule has 10 heteroatoms. The van der Waals surface area contributed by atoms with Crippen molar-refractivity contribution < 1.29 is 27.2 Å². The Bertz CT molecular complexity index is 1580. The lowest BCUT2D eigenvalue weighted by Crippen LogP contribution is -2.51. The zero-order chi connectivity index (χ0) is 31.3. The maximum atomic E-state index is 14.9. The molecule has 5 rings (SSSR count). The van der Waals surface area contributed by atoms with Gasteiger partial charge >= 0.3 is 6.18 Å². The second kappa shape index (κ2) is 13.3. The van der Waals surface area contributed by atoms with Crippen LogP contribution in [-0.4, -0.2) is 49.4 Å². The summed E-state index contributed by atoms with van der Waals surface area (Å²) in [6.07, 6.45) is -4.50. The van der Waals surface area contributed by atoms with Crippen molar-refractivity contribution in [2.45, 2.75) is 19.1 Å². The molecule has 0 spiro atoms. The lowest BCUT2D eigenvalue weighted by molar-refractivity contribution is -0.137. The van der Waals surface area contributed by atoms with Gasteiger partial charge in [-0.05, 0) is 66.1 Å². The molecule has 0 aromatic heterocycles. The number of likely N-dealkylation sites (N-methyl/N-ethyl adjacent to an activating group) is 1. The third kappa shape index (κ3) is 6.92. The number of halogens is 4. The number of amides is 2. The van der Waals surface area contributed by atoms with E-state index in [9.17, 15) is 27.2 Å². The minimum atomic E-state index is -4.50. The van der Waals surface area contributed by atoms with Crippen LogP contribution in [0.4, 0.5) is 28.9 Å². The van der Waals surface area contributed by atoms with Crippen molar-refractivity contribution in [3.8, 4) is 11.1 Å². The number of benzene rings is 4. The van der Waals surface area contributed by atoms with E-state index in [1.165, 1.54) is 24.3 Å². The molecule has 2 amide bonds. The topological polar surface area (TPSA) is 64.7 Å². The van der Waals surface area contributed by atoms with E-state index in [1.54, 1.807) is 12.1 Å². The number of nitrogens with zero attached hydrogens (tertiary/aromatic N) is 2. The lowest BCUT2D eigenvalue weighted by atomic mass is 9.97.